The summed E-state index contributed by atoms with van der Waals surface area (Å²) >= 11 is 0. The van der Waals surface area contributed by atoms with Crippen molar-refractivity contribution in [3.05, 3.63) is 107 Å². The number of rotatable bonds is 9. The molecule has 0 heterocycles. The number of aliphatic hydroxyl groups excluding tert-OH is 1. The van der Waals surface area contributed by atoms with E-state index in [9.17, 15) is 19.5 Å². The maximum atomic E-state index is 13.0. The van der Waals surface area contributed by atoms with E-state index in [1.165, 1.54) is 7.11 Å². The molecular formula is C27H25N3O5. The number of amides is 2. The van der Waals surface area contributed by atoms with Crippen molar-refractivity contribution in [3.8, 4) is 6.07 Å². The number of benzene rings is 3. The molecule has 3 aromatic rings. The van der Waals surface area contributed by atoms with Crippen LogP contribution in [0.2, 0.25) is 0 Å². The second kappa shape index (κ2) is 12.1. The minimum atomic E-state index is -1.70. The molecule has 0 saturated heterocycles. The molecule has 0 unspecified atom stereocenters. The summed E-state index contributed by atoms with van der Waals surface area (Å²) < 4.78 is 4.82. The maximum absolute atomic E-state index is 13.0. The van der Waals surface area contributed by atoms with Crippen LogP contribution in [0.3, 0.4) is 0 Å². The number of hydrogen-bond donors (Lipinski definition) is 3. The fourth-order valence-corrected chi connectivity index (χ4v) is 3.51. The second-order valence-electron chi connectivity index (χ2n) is 7.77. The number of esters is 1. The van der Waals surface area contributed by atoms with Gasteiger partial charge in [-0.15, -0.1) is 0 Å². The highest BCUT2D eigenvalue weighted by atomic mass is 16.5. The summed E-state index contributed by atoms with van der Waals surface area (Å²) in [5.41, 5.74) is 2.03. The number of ether oxygens (including phenoxy) is 1. The molecule has 3 aromatic carbocycles. The highest BCUT2D eigenvalue weighted by molar-refractivity contribution is 5.95. The molecule has 2 amide bonds. The molecule has 3 atom stereocenters. The Morgan fingerprint density at radius 2 is 1.51 bits per heavy atom. The molecule has 178 valence electrons. The predicted molar refractivity (Wildman–Crippen MR) is 128 cm³/mol. The van der Waals surface area contributed by atoms with Crippen molar-refractivity contribution in [2.45, 2.75) is 24.6 Å². The molecular weight excluding hydrogens is 446 g/mol. The SMILES string of the molecule is COC(=O)[C@H](Cc1ccc(C#N)cc1)NC(=O)[C@H](O)[C@@H](NC(=O)c1ccccc1)c1ccccc1. The summed E-state index contributed by atoms with van der Waals surface area (Å²) in [7, 11) is 1.20. The lowest BCUT2D eigenvalue weighted by Crippen LogP contribution is -2.51. The third-order valence-electron chi connectivity index (χ3n) is 5.39. The number of aliphatic hydroxyl groups is 1. The van der Waals surface area contributed by atoms with Crippen LogP contribution in [-0.2, 0) is 20.7 Å². The van der Waals surface area contributed by atoms with Crippen molar-refractivity contribution in [2.24, 2.45) is 0 Å². The van der Waals surface area contributed by atoms with E-state index in [0.717, 1.165) is 0 Å². The lowest BCUT2D eigenvalue weighted by Gasteiger charge is -2.26. The zero-order valence-electron chi connectivity index (χ0n) is 19.0. The normalized spacial score (nSPS) is 12.9. The third-order valence-corrected chi connectivity index (χ3v) is 5.39. The Balaban J connectivity index is 1.80. The minimum absolute atomic E-state index is 0.0865. The molecule has 3 N–H and O–H groups in total. The number of methoxy groups -OCH3 is 1. The molecule has 35 heavy (non-hydrogen) atoms. The molecule has 0 saturated carbocycles. The van der Waals surface area contributed by atoms with Gasteiger partial charge in [-0.05, 0) is 35.4 Å². The van der Waals surface area contributed by atoms with Crippen LogP contribution in [0, 0.1) is 11.3 Å². The Morgan fingerprint density at radius 1 is 0.914 bits per heavy atom. The summed E-state index contributed by atoms with van der Waals surface area (Å²) in [6.07, 6.45) is -1.61. The highest BCUT2D eigenvalue weighted by Gasteiger charge is 2.32. The predicted octanol–water partition coefficient (Wildman–Crippen LogP) is 2.29. The van der Waals surface area contributed by atoms with Crippen molar-refractivity contribution in [2.75, 3.05) is 7.11 Å². The Morgan fingerprint density at radius 3 is 2.09 bits per heavy atom. The third kappa shape index (κ3) is 6.76. The number of carbonyl (C=O) groups excluding carboxylic acids is 3. The van der Waals surface area contributed by atoms with Gasteiger partial charge < -0.3 is 20.5 Å². The van der Waals surface area contributed by atoms with Crippen molar-refractivity contribution in [1.29, 1.82) is 5.26 Å². The van der Waals surface area contributed by atoms with Crippen molar-refractivity contribution in [3.63, 3.8) is 0 Å². The average Bonchev–Trinajstić information content (AvgIpc) is 2.91. The minimum Gasteiger partial charge on any atom is -0.467 e. The van der Waals surface area contributed by atoms with Crippen LogP contribution in [0.1, 0.15) is 33.1 Å². The van der Waals surface area contributed by atoms with E-state index in [4.69, 9.17) is 10.00 Å². The van der Waals surface area contributed by atoms with Crippen molar-refractivity contribution < 1.29 is 24.2 Å². The zero-order valence-corrected chi connectivity index (χ0v) is 19.0. The van der Waals surface area contributed by atoms with Crippen LogP contribution in [0.25, 0.3) is 0 Å². The summed E-state index contributed by atoms with van der Waals surface area (Å²) in [5.74, 6) is -2.01. The monoisotopic (exact) mass is 471 g/mol. The molecule has 0 bridgehead atoms. The van der Waals surface area contributed by atoms with Gasteiger partial charge in [0.15, 0.2) is 6.10 Å². The molecule has 0 spiro atoms. The van der Waals surface area contributed by atoms with Crippen LogP contribution in [-0.4, -0.2) is 42.1 Å². The van der Waals surface area contributed by atoms with Gasteiger partial charge in [0.05, 0.1) is 24.8 Å². The van der Waals surface area contributed by atoms with Gasteiger partial charge in [-0.25, -0.2) is 4.79 Å². The first-order valence-electron chi connectivity index (χ1n) is 10.9. The average molecular weight is 472 g/mol. The molecule has 8 nitrogen and oxygen atoms in total. The van der Waals surface area contributed by atoms with Gasteiger partial charge in [0.2, 0.25) is 0 Å². The lowest BCUT2D eigenvalue weighted by molar-refractivity contribution is -0.146. The van der Waals surface area contributed by atoms with Gasteiger partial charge in [-0.1, -0.05) is 60.7 Å². The van der Waals surface area contributed by atoms with Crippen molar-refractivity contribution >= 4 is 17.8 Å². The molecule has 0 aliphatic heterocycles. The van der Waals surface area contributed by atoms with Crippen LogP contribution >= 0.6 is 0 Å². The molecule has 0 aliphatic carbocycles. The summed E-state index contributed by atoms with van der Waals surface area (Å²) in [4.78, 5) is 38.2. The Kier molecular flexibility index (Phi) is 8.70. The lowest BCUT2D eigenvalue weighted by atomic mass is 9.99. The van der Waals surface area contributed by atoms with Crippen molar-refractivity contribution in [1.82, 2.24) is 10.6 Å². The fraction of sp³-hybridized carbons (Fsp3) is 0.185. The van der Waals surface area contributed by atoms with Gasteiger partial charge in [0.1, 0.15) is 6.04 Å². The first-order chi connectivity index (χ1) is 16.9. The van der Waals surface area contributed by atoms with Crippen LogP contribution < -0.4 is 10.6 Å². The molecule has 3 rings (SSSR count). The van der Waals surface area contributed by atoms with Gasteiger partial charge >= 0.3 is 5.97 Å². The largest absolute Gasteiger partial charge is 0.467 e. The summed E-state index contributed by atoms with van der Waals surface area (Å²) in [5, 5.41) is 25.1. The van der Waals surface area contributed by atoms with Crippen LogP contribution in [0.5, 0.6) is 0 Å². The second-order valence-corrected chi connectivity index (χ2v) is 7.77. The van der Waals surface area contributed by atoms with Crippen LogP contribution in [0.4, 0.5) is 0 Å². The number of carbonyl (C=O) groups is 3. The Bertz CT molecular complexity index is 1190. The smallest absolute Gasteiger partial charge is 0.328 e. The molecule has 0 radical (unpaired) electrons. The van der Waals surface area contributed by atoms with Gasteiger partial charge in [0, 0.05) is 12.0 Å². The number of nitrogens with zero attached hydrogens (tertiary/aromatic N) is 1. The van der Waals surface area contributed by atoms with Crippen LogP contribution in [0.15, 0.2) is 84.9 Å². The summed E-state index contributed by atoms with van der Waals surface area (Å²) in [6.45, 7) is 0. The van der Waals surface area contributed by atoms with E-state index in [-0.39, 0.29) is 6.42 Å². The first-order valence-corrected chi connectivity index (χ1v) is 10.9. The van der Waals surface area contributed by atoms with Gasteiger partial charge in [-0.2, -0.15) is 5.26 Å². The quantitative estimate of drug-likeness (QED) is 0.411. The van der Waals surface area contributed by atoms with E-state index < -0.39 is 36.0 Å². The van der Waals surface area contributed by atoms with Gasteiger partial charge in [-0.3, -0.25) is 9.59 Å². The number of nitrogens with one attached hydrogen (secondary N) is 2. The standard InChI is InChI=1S/C27H25N3O5/c1-35-27(34)22(16-18-12-14-19(17-28)15-13-18)29-26(33)24(31)23(20-8-4-2-5-9-20)30-25(32)21-10-6-3-7-11-21/h2-15,22-24,31H,16H2,1H3,(H,29,33)(H,30,32)/t22-,23-,24+/m0/s1. The van der Waals surface area contributed by atoms with E-state index in [1.54, 1.807) is 84.9 Å². The van der Waals surface area contributed by atoms with E-state index in [2.05, 4.69) is 10.6 Å². The number of nitriles is 1. The molecule has 0 aromatic heterocycles. The fourth-order valence-electron chi connectivity index (χ4n) is 3.51. The van der Waals surface area contributed by atoms with E-state index >= 15 is 0 Å². The molecule has 0 aliphatic rings. The highest BCUT2D eigenvalue weighted by Crippen LogP contribution is 2.19. The van der Waals surface area contributed by atoms with E-state index in [0.29, 0.717) is 22.3 Å². The maximum Gasteiger partial charge on any atom is 0.328 e. The summed E-state index contributed by atoms with van der Waals surface area (Å²) in [6, 6.07) is 23.4. The Hall–Kier alpha value is -4.48. The Labute approximate surface area is 203 Å². The topological polar surface area (TPSA) is 129 Å². The zero-order chi connectivity index (χ0) is 25.2. The number of hydrogen-bond acceptors (Lipinski definition) is 6. The molecule has 0 fully saturated rings. The van der Waals surface area contributed by atoms with Gasteiger partial charge in [0.25, 0.3) is 11.8 Å². The first kappa shape index (κ1) is 25.1. The van der Waals surface area contributed by atoms with E-state index in [1.807, 2.05) is 6.07 Å². The molecule has 8 heteroatoms.